The largest absolute Gasteiger partial charge is 0.447 e. The predicted molar refractivity (Wildman–Crippen MR) is 65.9 cm³/mol. The second kappa shape index (κ2) is 6.88. The molecule has 1 aromatic rings. The molecule has 2 N–H and O–H groups in total. The molecule has 0 aromatic heterocycles. The molecular weight excluding hydrogens is 220 g/mol. The minimum atomic E-state index is -0.551. The van der Waals surface area contributed by atoms with E-state index >= 15 is 0 Å². The van der Waals surface area contributed by atoms with Crippen LogP contribution in [0.5, 0.6) is 0 Å². The maximum Gasteiger partial charge on any atom is 0.411 e. The number of carbonyl (C=O) groups excluding carboxylic acids is 1. The summed E-state index contributed by atoms with van der Waals surface area (Å²) >= 11 is 0. The lowest BCUT2D eigenvalue weighted by Crippen LogP contribution is -2.18. The van der Waals surface area contributed by atoms with Gasteiger partial charge in [-0.15, -0.1) is 0 Å². The third kappa shape index (κ3) is 4.84. The second-order valence-electron chi connectivity index (χ2n) is 3.88. The van der Waals surface area contributed by atoms with E-state index in [4.69, 9.17) is 9.84 Å². The summed E-state index contributed by atoms with van der Waals surface area (Å²) in [6.07, 6.45) is -0.551. The van der Waals surface area contributed by atoms with Crippen LogP contribution in [0.1, 0.15) is 5.56 Å². The molecule has 0 bridgehead atoms. The van der Waals surface area contributed by atoms with Gasteiger partial charge in [0.05, 0.1) is 6.61 Å². The molecule has 0 fully saturated rings. The molecule has 17 heavy (non-hydrogen) atoms. The van der Waals surface area contributed by atoms with Gasteiger partial charge in [-0.2, -0.15) is 0 Å². The standard InChI is InChI=1S/C12H18N2O3/c1-14(2)9-10-5-3-4-6-11(10)13-12(16)17-8-7-15/h3-6,15H,7-9H2,1-2H3,(H,13,16). The summed E-state index contributed by atoms with van der Waals surface area (Å²) in [6.45, 7) is 0.560. The van der Waals surface area contributed by atoms with Gasteiger partial charge in [-0.25, -0.2) is 4.79 Å². The van der Waals surface area contributed by atoms with E-state index in [-0.39, 0.29) is 13.2 Å². The number of hydrogen-bond acceptors (Lipinski definition) is 4. The van der Waals surface area contributed by atoms with Gasteiger partial charge in [-0.1, -0.05) is 18.2 Å². The summed E-state index contributed by atoms with van der Waals surface area (Å²) < 4.78 is 4.74. The average molecular weight is 238 g/mol. The zero-order valence-electron chi connectivity index (χ0n) is 10.1. The number of aliphatic hydroxyl groups excluding tert-OH is 1. The van der Waals surface area contributed by atoms with E-state index in [2.05, 4.69) is 5.32 Å². The molecule has 0 saturated heterocycles. The van der Waals surface area contributed by atoms with Gasteiger partial charge in [0.15, 0.2) is 0 Å². The van der Waals surface area contributed by atoms with E-state index in [1.165, 1.54) is 0 Å². The molecule has 94 valence electrons. The minimum Gasteiger partial charge on any atom is -0.447 e. The Balaban J connectivity index is 2.66. The van der Waals surface area contributed by atoms with Gasteiger partial charge in [-0.3, -0.25) is 5.32 Å². The summed E-state index contributed by atoms with van der Waals surface area (Å²) in [5.74, 6) is 0. The molecular formula is C12H18N2O3. The Morgan fingerprint density at radius 1 is 1.41 bits per heavy atom. The monoisotopic (exact) mass is 238 g/mol. The lowest BCUT2D eigenvalue weighted by atomic mass is 10.1. The smallest absolute Gasteiger partial charge is 0.411 e. The van der Waals surface area contributed by atoms with Gasteiger partial charge in [0.1, 0.15) is 6.61 Å². The zero-order chi connectivity index (χ0) is 12.7. The van der Waals surface area contributed by atoms with Crippen molar-refractivity contribution in [2.45, 2.75) is 6.54 Å². The van der Waals surface area contributed by atoms with Gasteiger partial charge in [0, 0.05) is 12.2 Å². The number of nitrogens with zero attached hydrogens (tertiary/aromatic N) is 1. The lowest BCUT2D eigenvalue weighted by molar-refractivity contribution is 0.131. The molecule has 1 rings (SSSR count). The van der Waals surface area contributed by atoms with Crippen LogP contribution in [-0.2, 0) is 11.3 Å². The average Bonchev–Trinajstić information content (AvgIpc) is 2.28. The SMILES string of the molecule is CN(C)Cc1ccccc1NC(=O)OCCO. The molecule has 0 heterocycles. The van der Waals surface area contributed by atoms with Crippen molar-refractivity contribution in [3.8, 4) is 0 Å². The number of para-hydroxylation sites is 1. The van der Waals surface area contributed by atoms with Crippen LogP contribution in [0.2, 0.25) is 0 Å². The molecule has 1 aromatic carbocycles. The molecule has 0 spiro atoms. The van der Waals surface area contributed by atoms with Crippen molar-refractivity contribution in [2.75, 3.05) is 32.6 Å². The molecule has 0 saturated carbocycles. The van der Waals surface area contributed by atoms with Crippen LogP contribution < -0.4 is 5.32 Å². The van der Waals surface area contributed by atoms with Gasteiger partial charge in [-0.05, 0) is 25.7 Å². The highest BCUT2D eigenvalue weighted by Gasteiger charge is 2.07. The fraction of sp³-hybridized carbons (Fsp3) is 0.417. The van der Waals surface area contributed by atoms with Crippen LogP contribution in [-0.4, -0.2) is 43.4 Å². The number of benzene rings is 1. The number of aliphatic hydroxyl groups is 1. The molecule has 5 heteroatoms. The Morgan fingerprint density at radius 2 is 2.12 bits per heavy atom. The Bertz CT molecular complexity index is 367. The quantitative estimate of drug-likeness (QED) is 0.811. The van der Waals surface area contributed by atoms with E-state index in [1.807, 2.05) is 43.3 Å². The molecule has 5 nitrogen and oxygen atoms in total. The van der Waals surface area contributed by atoms with Crippen LogP contribution in [0, 0.1) is 0 Å². The van der Waals surface area contributed by atoms with Gasteiger partial charge >= 0.3 is 6.09 Å². The van der Waals surface area contributed by atoms with Crippen molar-refractivity contribution in [2.24, 2.45) is 0 Å². The molecule has 0 aliphatic heterocycles. The Labute approximate surface area is 101 Å². The van der Waals surface area contributed by atoms with E-state index in [0.29, 0.717) is 0 Å². The van der Waals surface area contributed by atoms with Crippen LogP contribution in [0.3, 0.4) is 0 Å². The first kappa shape index (κ1) is 13.5. The summed E-state index contributed by atoms with van der Waals surface area (Å²) in [5.41, 5.74) is 1.74. The van der Waals surface area contributed by atoms with E-state index in [1.54, 1.807) is 0 Å². The molecule has 0 atom stereocenters. The summed E-state index contributed by atoms with van der Waals surface area (Å²) in [6, 6.07) is 7.53. The van der Waals surface area contributed by atoms with E-state index < -0.39 is 6.09 Å². The first-order valence-corrected chi connectivity index (χ1v) is 5.40. The van der Waals surface area contributed by atoms with Crippen LogP contribution in [0.15, 0.2) is 24.3 Å². The number of amides is 1. The van der Waals surface area contributed by atoms with E-state index in [0.717, 1.165) is 17.8 Å². The highest BCUT2D eigenvalue weighted by atomic mass is 16.6. The lowest BCUT2D eigenvalue weighted by Gasteiger charge is -2.14. The Hall–Kier alpha value is -1.59. The zero-order valence-corrected chi connectivity index (χ0v) is 10.1. The van der Waals surface area contributed by atoms with Crippen LogP contribution >= 0.6 is 0 Å². The van der Waals surface area contributed by atoms with Crippen molar-refractivity contribution in [3.05, 3.63) is 29.8 Å². The predicted octanol–water partition coefficient (Wildman–Crippen LogP) is 1.29. The maximum absolute atomic E-state index is 11.4. The number of rotatable bonds is 5. The number of ether oxygens (including phenoxy) is 1. The van der Waals surface area contributed by atoms with Gasteiger partial charge in [0.25, 0.3) is 0 Å². The van der Waals surface area contributed by atoms with Gasteiger partial charge < -0.3 is 14.7 Å². The number of anilines is 1. The fourth-order valence-electron chi connectivity index (χ4n) is 1.41. The minimum absolute atomic E-state index is 0.00167. The molecule has 0 radical (unpaired) electrons. The number of carbonyl (C=O) groups is 1. The Kier molecular flexibility index (Phi) is 5.45. The normalized spacial score (nSPS) is 10.4. The van der Waals surface area contributed by atoms with Crippen molar-refractivity contribution in [3.63, 3.8) is 0 Å². The maximum atomic E-state index is 11.4. The highest BCUT2D eigenvalue weighted by molar-refractivity contribution is 5.85. The van der Waals surface area contributed by atoms with Crippen LogP contribution in [0.4, 0.5) is 10.5 Å². The van der Waals surface area contributed by atoms with Crippen molar-refractivity contribution >= 4 is 11.8 Å². The first-order chi connectivity index (χ1) is 8.13. The Morgan fingerprint density at radius 3 is 2.76 bits per heavy atom. The molecule has 0 aliphatic rings. The first-order valence-electron chi connectivity index (χ1n) is 5.40. The van der Waals surface area contributed by atoms with E-state index in [9.17, 15) is 4.79 Å². The topological polar surface area (TPSA) is 61.8 Å². The summed E-state index contributed by atoms with van der Waals surface area (Å²) in [4.78, 5) is 13.4. The number of nitrogens with one attached hydrogen (secondary N) is 1. The number of hydrogen-bond donors (Lipinski definition) is 2. The summed E-state index contributed by atoms with van der Waals surface area (Å²) in [7, 11) is 3.92. The second-order valence-corrected chi connectivity index (χ2v) is 3.88. The van der Waals surface area contributed by atoms with Crippen molar-refractivity contribution in [1.29, 1.82) is 0 Å². The molecule has 1 amide bonds. The molecule has 0 aliphatic carbocycles. The van der Waals surface area contributed by atoms with Gasteiger partial charge in [0.2, 0.25) is 0 Å². The van der Waals surface area contributed by atoms with Crippen LogP contribution in [0.25, 0.3) is 0 Å². The molecule has 0 unspecified atom stereocenters. The van der Waals surface area contributed by atoms with Crippen molar-refractivity contribution < 1.29 is 14.6 Å². The third-order valence-electron chi connectivity index (χ3n) is 2.07. The third-order valence-corrected chi connectivity index (χ3v) is 2.07. The van der Waals surface area contributed by atoms with Crippen molar-refractivity contribution in [1.82, 2.24) is 4.90 Å². The highest BCUT2D eigenvalue weighted by Crippen LogP contribution is 2.16. The summed E-state index contributed by atoms with van der Waals surface area (Å²) in [5, 5.41) is 11.2. The fourth-order valence-corrected chi connectivity index (χ4v) is 1.41.